The van der Waals surface area contributed by atoms with Gasteiger partial charge in [-0.1, -0.05) is 0 Å². The Morgan fingerprint density at radius 2 is 2.24 bits per heavy atom. The van der Waals surface area contributed by atoms with E-state index < -0.39 is 11.8 Å². The quantitative estimate of drug-likeness (QED) is 0.856. The maximum absolute atomic E-state index is 13.2. The fraction of sp³-hybridized carbons (Fsp3) is 0.286. The minimum Gasteiger partial charge on any atom is -0.494 e. The molecule has 0 spiro atoms. The number of halogens is 1. The van der Waals surface area contributed by atoms with Crippen LogP contribution in [0.15, 0.2) is 18.2 Å². The Kier molecular flexibility index (Phi) is 4.74. The molecule has 0 bridgehead atoms. The third kappa shape index (κ3) is 3.30. The van der Waals surface area contributed by atoms with Crippen LogP contribution in [0.2, 0.25) is 0 Å². The van der Waals surface area contributed by atoms with Gasteiger partial charge in [0.25, 0.3) is 0 Å². The first-order chi connectivity index (χ1) is 10.1. The highest BCUT2D eigenvalue weighted by Crippen LogP contribution is 2.33. The molecule has 0 saturated heterocycles. The molecule has 5 nitrogen and oxygen atoms in total. The summed E-state index contributed by atoms with van der Waals surface area (Å²) in [5.74, 6) is -0.494. The molecule has 0 fully saturated rings. The van der Waals surface area contributed by atoms with Gasteiger partial charge in [-0.15, -0.1) is 0 Å². The molecule has 1 N–H and O–H groups in total. The summed E-state index contributed by atoms with van der Waals surface area (Å²) >= 11 is 1.14. The van der Waals surface area contributed by atoms with Crippen molar-refractivity contribution in [3.63, 3.8) is 0 Å². The zero-order valence-electron chi connectivity index (χ0n) is 11.9. The SMILES string of the molecule is CCOC(=O)c1c(C)nsc1Nc1ccc(F)cc1OC. The van der Waals surface area contributed by atoms with Gasteiger partial charge in [0, 0.05) is 6.07 Å². The molecule has 0 aliphatic carbocycles. The Morgan fingerprint density at radius 1 is 1.48 bits per heavy atom. The van der Waals surface area contributed by atoms with Gasteiger partial charge in [-0.05, 0) is 37.5 Å². The maximum atomic E-state index is 13.2. The first-order valence-electron chi connectivity index (χ1n) is 6.30. The third-order valence-electron chi connectivity index (χ3n) is 2.75. The molecule has 112 valence electrons. The van der Waals surface area contributed by atoms with Crippen LogP contribution in [0, 0.1) is 12.7 Å². The topological polar surface area (TPSA) is 60.5 Å². The number of rotatable bonds is 5. The van der Waals surface area contributed by atoms with Gasteiger partial charge < -0.3 is 14.8 Å². The zero-order chi connectivity index (χ0) is 15.4. The van der Waals surface area contributed by atoms with Crippen LogP contribution in [-0.2, 0) is 4.74 Å². The molecule has 0 saturated carbocycles. The summed E-state index contributed by atoms with van der Waals surface area (Å²) in [4.78, 5) is 12.0. The summed E-state index contributed by atoms with van der Waals surface area (Å²) in [6, 6.07) is 4.11. The highest BCUT2D eigenvalue weighted by Gasteiger charge is 2.20. The van der Waals surface area contributed by atoms with Crippen LogP contribution >= 0.6 is 11.5 Å². The largest absolute Gasteiger partial charge is 0.494 e. The minimum atomic E-state index is -0.438. The molecule has 7 heteroatoms. The lowest BCUT2D eigenvalue weighted by molar-refractivity contribution is 0.0527. The maximum Gasteiger partial charge on any atom is 0.343 e. The number of carbonyl (C=O) groups excluding carboxylic acids is 1. The molecule has 0 amide bonds. The predicted octanol–water partition coefficient (Wildman–Crippen LogP) is 3.52. The molecule has 2 aromatic rings. The first-order valence-corrected chi connectivity index (χ1v) is 7.08. The molecular weight excluding hydrogens is 295 g/mol. The monoisotopic (exact) mass is 310 g/mol. The van der Waals surface area contributed by atoms with E-state index in [2.05, 4.69) is 9.69 Å². The molecule has 2 rings (SSSR count). The van der Waals surface area contributed by atoms with Crippen LogP contribution in [0.3, 0.4) is 0 Å². The number of nitrogens with zero attached hydrogens (tertiary/aromatic N) is 1. The summed E-state index contributed by atoms with van der Waals surface area (Å²) in [5.41, 5.74) is 1.52. The molecule has 0 aliphatic heterocycles. The number of methoxy groups -OCH3 is 1. The Bertz CT molecular complexity index is 658. The lowest BCUT2D eigenvalue weighted by Gasteiger charge is -2.11. The second-order valence-corrected chi connectivity index (χ2v) is 4.94. The van der Waals surface area contributed by atoms with Crippen molar-refractivity contribution < 1.29 is 18.7 Å². The Balaban J connectivity index is 2.34. The molecule has 0 radical (unpaired) electrons. The number of anilines is 2. The van der Waals surface area contributed by atoms with Gasteiger partial charge in [0.1, 0.15) is 22.1 Å². The summed E-state index contributed by atoms with van der Waals surface area (Å²) < 4.78 is 27.5. The van der Waals surface area contributed by atoms with E-state index in [9.17, 15) is 9.18 Å². The molecule has 0 unspecified atom stereocenters. The highest BCUT2D eigenvalue weighted by molar-refractivity contribution is 7.10. The van der Waals surface area contributed by atoms with E-state index in [1.54, 1.807) is 13.8 Å². The Morgan fingerprint density at radius 3 is 2.90 bits per heavy atom. The lowest BCUT2D eigenvalue weighted by atomic mass is 10.2. The molecule has 0 atom stereocenters. The van der Waals surface area contributed by atoms with E-state index in [1.165, 1.54) is 25.3 Å². The fourth-order valence-electron chi connectivity index (χ4n) is 1.79. The second-order valence-electron chi connectivity index (χ2n) is 4.16. The van der Waals surface area contributed by atoms with E-state index in [0.29, 0.717) is 27.7 Å². The standard InChI is InChI=1S/C14H15FN2O3S/c1-4-20-14(18)12-8(2)17-21-13(12)16-10-6-5-9(15)7-11(10)19-3/h5-7,16H,4H2,1-3H3. The van der Waals surface area contributed by atoms with E-state index in [4.69, 9.17) is 9.47 Å². The normalized spacial score (nSPS) is 10.3. The van der Waals surface area contributed by atoms with Crippen molar-refractivity contribution in [2.24, 2.45) is 0 Å². The number of ether oxygens (including phenoxy) is 2. The molecule has 1 heterocycles. The van der Waals surface area contributed by atoms with Crippen molar-refractivity contribution in [1.29, 1.82) is 0 Å². The van der Waals surface area contributed by atoms with Crippen LogP contribution in [0.25, 0.3) is 0 Å². The highest BCUT2D eigenvalue weighted by atomic mass is 32.1. The molecule has 1 aromatic carbocycles. The van der Waals surface area contributed by atoms with E-state index in [-0.39, 0.29) is 6.61 Å². The second kappa shape index (κ2) is 6.53. The van der Waals surface area contributed by atoms with Crippen LogP contribution in [-0.4, -0.2) is 24.1 Å². The zero-order valence-corrected chi connectivity index (χ0v) is 12.7. The third-order valence-corrected chi connectivity index (χ3v) is 3.61. The van der Waals surface area contributed by atoms with Crippen molar-refractivity contribution in [3.8, 4) is 5.75 Å². The Labute approximate surface area is 125 Å². The fourth-order valence-corrected chi connectivity index (χ4v) is 2.59. The van der Waals surface area contributed by atoms with E-state index in [1.807, 2.05) is 0 Å². The van der Waals surface area contributed by atoms with Crippen LogP contribution in [0.1, 0.15) is 23.0 Å². The molecule has 21 heavy (non-hydrogen) atoms. The van der Waals surface area contributed by atoms with Gasteiger partial charge in [0.15, 0.2) is 0 Å². The summed E-state index contributed by atoms with van der Waals surface area (Å²) in [5, 5.41) is 3.58. The Hall–Kier alpha value is -2.15. The van der Waals surface area contributed by atoms with Crippen LogP contribution in [0.5, 0.6) is 5.75 Å². The van der Waals surface area contributed by atoms with Gasteiger partial charge in [-0.2, -0.15) is 4.37 Å². The number of carbonyl (C=O) groups is 1. The van der Waals surface area contributed by atoms with Crippen molar-refractivity contribution in [3.05, 3.63) is 35.3 Å². The smallest absolute Gasteiger partial charge is 0.343 e. The lowest BCUT2D eigenvalue weighted by Crippen LogP contribution is -2.07. The number of nitrogens with one attached hydrogen (secondary N) is 1. The molecule has 1 aromatic heterocycles. The van der Waals surface area contributed by atoms with Crippen LogP contribution < -0.4 is 10.1 Å². The van der Waals surface area contributed by atoms with E-state index in [0.717, 1.165) is 11.5 Å². The van der Waals surface area contributed by atoms with Gasteiger partial charge in [0.05, 0.1) is 25.1 Å². The number of benzene rings is 1. The predicted molar refractivity (Wildman–Crippen MR) is 79.0 cm³/mol. The van der Waals surface area contributed by atoms with Gasteiger partial charge in [0.2, 0.25) is 0 Å². The van der Waals surface area contributed by atoms with Crippen molar-refractivity contribution in [1.82, 2.24) is 4.37 Å². The molecular formula is C14H15FN2O3S. The summed E-state index contributed by atoms with van der Waals surface area (Å²) in [7, 11) is 1.45. The average molecular weight is 310 g/mol. The van der Waals surface area contributed by atoms with Crippen molar-refractivity contribution >= 4 is 28.2 Å². The van der Waals surface area contributed by atoms with E-state index >= 15 is 0 Å². The first kappa shape index (κ1) is 15.2. The summed E-state index contributed by atoms with van der Waals surface area (Å²) in [6.45, 7) is 3.76. The minimum absolute atomic E-state index is 0.285. The average Bonchev–Trinajstić information content (AvgIpc) is 2.82. The van der Waals surface area contributed by atoms with Gasteiger partial charge in [-0.25, -0.2) is 9.18 Å². The number of aryl methyl sites for hydroxylation is 1. The molecule has 0 aliphatic rings. The number of esters is 1. The van der Waals surface area contributed by atoms with Gasteiger partial charge in [-0.3, -0.25) is 0 Å². The van der Waals surface area contributed by atoms with Crippen molar-refractivity contribution in [2.45, 2.75) is 13.8 Å². The summed E-state index contributed by atoms with van der Waals surface area (Å²) in [6.07, 6.45) is 0. The van der Waals surface area contributed by atoms with Crippen molar-refractivity contribution in [2.75, 3.05) is 19.0 Å². The number of hydrogen-bond acceptors (Lipinski definition) is 6. The van der Waals surface area contributed by atoms with Crippen LogP contribution in [0.4, 0.5) is 15.1 Å². The number of aromatic nitrogens is 1. The number of hydrogen-bond donors (Lipinski definition) is 1. The van der Waals surface area contributed by atoms with Gasteiger partial charge >= 0.3 is 5.97 Å².